The van der Waals surface area contributed by atoms with Gasteiger partial charge in [0.15, 0.2) is 0 Å². The largest absolute Gasteiger partial charge is 0.328 e. The van der Waals surface area contributed by atoms with Crippen LogP contribution in [0.5, 0.6) is 0 Å². The van der Waals surface area contributed by atoms with Gasteiger partial charge >= 0.3 is 0 Å². The summed E-state index contributed by atoms with van der Waals surface area (Å²) >= 11 is 0. The third-order valence-corrected chi connectivity index (χ3v) is 7.40. The van der Waals surface area contributed by atoms with Crippen LogP contribution in [0.25, 0.3) is 38.7 Å². The molecule has 0 bridgehead atoms. The highest BCUT2D eigenvalue weighted by Crippen LogP contribution is 2.23. The van der Waals surface area contributed by atoms with Gasteiger partial charge < -0.3 is 14.0 Å². The second-order valence-corrected chi connectivity index (χ2v) is 10.8. The van der Waals surface area contributed by atoms with E-state index in [0.717, 1.165) is 47.2 Å². The van der Waals surface area contributed by atoms with E-state index in [1.165, 1.54) is 45.2 Å². The zero-order valence-electron chi connectivity index (χ0n) is 22.3. The fourth-order valence-electron chi connectivity index (χ4n) is 5.57. The first-order valence-corrected chi connectivity index (χ1v) is 13.0. The molecular weight excluding hydrogens is 442 g/mol. The number of benzene rings is 3. The molecule has 4 aromatic carbocycles. The fourth-order valence-corrected chi connectivity index (χ4v) is 5.57. The van der Waals surface area contributed by atoms with E-state index in [0.29, 0.717) is 0 Å². The summed E-state index contributed by atoms with van der Waals surface area (Å²) in [5.74, 6) is 1.01. The van der Waals surface area contributed by atoms with E-state index in [9.17, 15) is 0 Å². The van der Waals surface area contributed by atoms with Crippen LogP contribution in [0.4, 0.5) is 0 Å². The molecule has 0 spiro atoms. The summed E-state index contributed by atoms with van der Waals surface area (Å²) in [5, 5.41) is 7.25. The van der Waals surface area contributed by atoms with Gasteiger partial charge in [-0.3, -0.25) is 4.99 Å². The van der Waals surface area contributed by atoms with Crippen LogP contribution in [-0.2, 0) is 6.54 Å². The zero-order chi connectivity index (χ0) is 25.3. The normalized spacial score (nSPS) is 13.8. The van der Waals surface area contributed by atoms with E-state index in [4.69, 9.17) is 9.98 Å². The van der Waals surface area contributed by atoms with Gasteiger partial charge in [0.25, 0.3) is 0 Å². The summed E-state index contributed by atoms with van der Waals surface area (Å²) in [4.78, 5) is 12.1. The van der Waals surface area contributed by atoms with Crippen molar-refractivity contribution in [3.8, 4) is 0 Å². The van der Waals surface area contributed by atoms with Crippen LogP contribution in [0.15, 0.2) is 65.7 Å². The molecule has 1 aromatic heterocycles. The molecule has 0 radical (unpaired) electrons. The Bertz CT molecular complexity index is 1600. The van der Waals surface area contributed by atoms with Gasteiger partial charge in [-0.2, -0.15) is 0 Å². The van der Waals surface area contributed by atoms with E-state index < -0.39 is 0 Å². The Balaban J connectivity index is 1.53. The Morgan fingerprint density at radius 2 is 1.64 bits per heavy atom. The summed E-state index contributed by atoms with van der Waals surface area (Å²) in [5.41, 5.74) is 2.25. The smallest absolute Gasteiger partial charge is 0.134 e. The first kappa shape index (κ1) is 24.4. The Morgan fingerprint density at radius 3 is 2.39 bits per heavy atom. The maximum absolute atomic E-state index is 5.08. The van der Waals surface area contributed by atoms with Gasteiger partial charge in [0.2, 0.25) is 0 Å². The number of hydrogen-bond donors (Lipinski definition) is 0. The summed E-state index contributed by atoms with van der Waals surface area (Å²) in [6.07, 6.45) is 4.58. The molecule has 0 fully saturated rings. The number of para-hydroxylation sites is 2. The van der Waals surface area contributed by atoms with Crippen LogP contribution in [0.2, 0.25) is 0 Å². The Kier molecular flexibility index (Phi) is 6.78. The summed E-state index contributed by atoms with van der Waals surface area (Å²) in [6.45, 7) is 4.42. The van der Waals surface area contributed by atoms with Crippen molar-refractivity contribution in [1.82, 2.24) is 14.5 Å². The summed E-state index contributed by atoms with van der Waals surface area (Å²) in [7, 11) is 10.9. The number of imidazole rings is 1. The van der Waals surface area contributed by atoms with Gasteiger partial charge in [0, 0.05) is 43.6 Å². The Labute approximate surface area is 213 Å². The average molecular weight is 481 g/mol. The molecule has 0 aliphatic carbocycles. The molecule has 5 nitrogen and oxygen atoms in total. The van der Waals surface area contributed by atoms with Crippen molar-refractivity contribution in [2.75, 3.05) is 54.9 Å². The number of aryl methyl sites for hydroxylation is 1. The molecule has 0 amide bonds. The number of rotatable bonds is 9. The molecule has 0 aliphatic rings. The lowest BCUT2D eigenvalue weighted by molar-refractivity contribution is -0.890. The molecule has 0 saturated heterocycles. The van der Waals surface area contributed by atoms with Crippen molar-refractivity contribution < 1.29 is 4.48 Å². The molecule has 0 unspecified atom stereocenters. The minimum Gasteiger partial charge on any atom is -0.328 e. The summed E-state index contributed by atoms with van der Waals surface area (Å²) < 4.78 is 3.44. The van der Waals surface area contributed by atoms with Gasteiger partial charge in [-0.05, 0) is 48.5 Å². The molecule has 5 rings (SSSR count). The lowest BCUT2D eigenvalue weighted by Gasteiger charge is -2.30. The molecule has 36 heavy (non-hydrogen) atoms. The van der Waals surface area contributed by atoms with Crippen LogP contribution in [-0.4, -0.2) is 73.8 Å². The van der Waals surface area contributed by atoms with Crippen LogP contribution in [0.3, 0.4) is 0 Å². The zero-order valence-corrected chi connectivity index (χ0v) is 22.3. The molecule has 186 valence electrons. The maximum atomic E-state index is 5.08. The third kappa shape index (κ3) is 4.73. The quantitative estimate of drug-likeness (QED) is 0.295. The van der Waals surface area contributed by atoms with Crippen molar-refractivity contribution in [2.24, 2.45) is 4.99 Å². The fraction of sp³-hybridized carbons (Fsp3) is 0.355. The van der Waals surface area contributed by atoms with E-state index in [1.54, 1.807) is 0 Å². The lowest BCUT2D eigenvalue weighted by atomic mass is 10.1. The van der Waals surface area contributed by atoms with Crippen molar-refractivity contribution in [3.63, 3.8) is 0 Å². The monoisotopic (exact) mass is 480 g/mol. The number of aromatic nitrogens is 2. The first-order chi connectivity index (χ1) is 17.4. The molecule has 0 atom stereocenters. The van der Waals surface area contributed by atoms with Crippen molar-refractivity contribution in [3.05, 3.63) is 77.1 Å². The minimum absolute atomic E-state index is 0.949. The van der Waals surface area contributed by atoms with Crippen LogP contribution < -0.4 is 10.6 Å². The van der Waals surface area contributed by atoms with Crippen LogP contribution in [0, 0.1) is 0 Å². The predicted octanol–water partition coefficient (Wildman–Crippen LogP) is 4.28. The van der Waals surface area contributed by atoms with Crippen LogP contribution >= 0.6 is 0 Å². The molecule has 5 heteroatoms. The van der Waals surface area contributed by atoms with Gasteiger partial charge in [-0.15, -0.1) is 0 Å². The predicted molar refractivity (Wildman–Crippen MR) is 152 cm³/mol. The number of nitrogens with zero attached hydrogens (tertiary/aromatic N) is 5. The number of fused-ring (bicyclic) bond motifs is 1. The maximum Gasteiger partial charge on any atom is 0.134 e. The lowest BCUT2D eigenvalue weighted by Crippen LogP contribution is -2.42. The second kappa shape index (κ2) is 10.00. The van der Waals surface area contributed by atoms with Crippen molar-refractivity contribution in [1.29, 1.82) is 0 Å². The topological polar surface area (TPSA) is 33.4 Å². The molecule has 1 heterocycles. The van der Waals surface area contributed by atoms with Crippen molar-refractivity contribution in [2.45, 2.75) is 19.4 Å². The van der Waals surface area contributed by atoms with E-state index >= 15 is 0 Å². The van der Waals surface area contributed by atoms with Gasteiger partial charge in [-0.25, -0.2) is 4.98 Å². The highest BCUT2D eigenvalue weighted by atomic mass is 15.3. The standard InChI is InChI=1S/C31H38N5/c1-32-31-25-15-9-13-23-12-8-14-24(30(23)25)26(31)22-29-33-27-16-6-7-17-28(27)35(29)19-11-21-36(4,5)20-10-18-34(2)3/h6-9,12-17,22H,10-11,18-21H2,1-5H3/q+1/b26-22-,32-31?. The second-order valence-electron chi connectivity index (χ2n) is 10.8. The van der Waals surface area contributed by atoms with Gasteiger partial charge in [0.05, 0.1) is 43.6 Å². The van der Waals surface area contributed by atoms with Crippen molar-refractivity contribution >= 4 is 38.7 Å². The highest BCUT2D eigenvalue weighted by molar-refractivity contribution is 6.11. The SMILES string of the molecule is CN=c1/c(=C\c2nc3ccccc3n2CCC[N+](C)(C)CCCN(C)C)c2cccc3cccc1c32. The molecule has 0 saturated carbocycles. The first-order valence-electron chi connectivity index (χ1n) is 13.0. The number of hydrogen-bond acceptors (Lipinski definition) is 3. The Hall–Kier alpha value is -3.28. The van der Waals surface area contributed by atoms with E-state index in [2.05, 4.69) is 104 Å². The van der Waals surface area contributed by atoms with Gasteiger partial charge in [-0.1, -0.05) is 48.5 Å². The average Bonchev–Trinajstić information content (AvgIpc) is 3.35. The Morgan fingerprint density at radius 1 is 0.917 bits per heavy atom. The van der Waals surface area contributed by atoms with E-state index in [-0.39, 0.29) is 0 Å². The van der Waals surface area contributed by atoms with E-state index in [1.807, 2.05) is 7.05 Å². The molecule has 0 aliphatic heterocycles. The molecular formula is C31H38N5+. The molecule has 0 N–H and O–H groups in total. The minimum atomic E-state index is 0.949. The number of quaternary nitrogens is 1. The third-order valence-electron chi connectivity index (χ3n) is 7.40. The molecule has 5 aromatic rings. The highest BCUT2D eigenvalue weighted by Gasteiger charge is 2.17. The van der Waals surface area contributed by atoms with Gasteiger partial charge in [0.1, 0.15) is 5.82 Å². The van der Waals surface area contributed by atoms with Crippen LogP contribution in [0.1, 0.15) is 18.7 Å². The summed E-state index contributed by atoms with van der Waals surface area (Å²) in [6, 6.07) is 21.6.